The highest BCUT2D eigenvalue weighted by Gasteiger charge is 2.58. The molecule has 3 fully saturated rings. The second-order valence-corrected chi connectivity index (χ2v) is 8.24. The minimum atomic E-state index is 0.0109. The molecule has 0 bridgehead atoms. The minimum absolute atomic E-state index is 0.0109. The summed E-state index contributed by atoms with van der Waals surface area (Å²) in [6.07, 6.45) is 10.6. The molecule has 2 aliphatic carbocycles. The van der Waals surface area contributed by atoms with Gasteiger partial charge in [0.15, 0.2) is 0 Å². The molecule has 140 valence electrons. The molecule has 1 saturated heterocycles. The number of likely N-dealkylation sites (tertiary alicyclic amines) is 1. The fourth-order valence-electron chi connectivity index (χ4n) is 4.52. The third-order valence-electron chi connectivity index (χ3n) is 6.58. The van der Waals surface area contributed by atoms with Crippen LogP contribution in [0.4, 0.5) is 0 Å². The van der Waals surface area contributed by atoms with Crippen LogP contribution >= 0.6 is 0 Å². The van der Waals surface area contributed by atoms with Crippen LogP contribution in [0.1, 0.15) is 57.1 Å². The smallest absolute Gasteiger partial charge is 0.229 e. The van der Waals surface area contributed by atoms with Crippen molar-refractivity contribution in [2.45, 2.75) is 63.8 Å². The monoisotopic (exact) mass is 355 g/mol. The Morgan fingerprint density at radius 3 is 2.50 bits per heavy atom. The highest BCUT2D eigenvalue weighted by molar-refractivity contribution is 5.86. The predicted octanol–water partition coefficient (Wildman–Crippen LogP) is 2.70. The molecule has 2 heterocycles. The average molecular weight is 355 g/mol. The van der Waals surface area contributed by atoms with Gasteiger partial charge in [-0.05, 0) is 63.0 Å². The zero-order valence-corrected chi connectivity index (χ0v) is 15.5. The molecule has 0 aromatic carbocycles. The Morgan fingerprint density at radius 2 is 1.92 bits per heavy atom. The van der Waals surface area contributed by atoms with Crippen LogP contribution < -0.4 is 5.32 Å². The molecule has 5 heteroatoms. The second-order valence-electron chi connectivity index (χ2n) is 8.24. The number of rotatable bonds is 6. The van der Waals surface area contributed by atoms with E-state index in [1.54, 1.807) is 6.20 Å². The normalized spacial score (nSPS) is 22.5. The number of pyridine rings is 1. The van der Waals surface area contributed by atoms with Crippen molar-refractivity contribution in [2.24, 2.45) is 11.3 Å². The van der Waals surface area contributed by atoms with Crippen molar-refractivity contribution in [1.82, 2.24) is 15.2 Å². The average Bonchev–Trinajstić information content (AvgIpc) is 3.41. The van der Waals surface area contributed by atoms with E-state index in [2.05, 4.69) is 15.2 Å². The van der Waals surface area contributed by atoms with Gasteiger partial charge in [0.05, 0.1) is 5.41 Å². The fraction of sp³-hybridized carbons (Fsp3) is 0.667. The second kappa shape index (κ2) is 7.37. The highest BCUT2D eigenvalue weighted by atomic mass is 16.2. The van der Waals surface area contributed by atoms with Gasteiger partial charge in [-0.25, -0.2) is 0 Å². The molecular weight excluding hydrogens is 326 g/mol. The maximum atomic E-state index is 12.9. The first-order chi connectivity index (χ1) is 12.7. The molecule has 0 radical (unpaired) electrons. The van der Waals surface area contributed by atoms with Crippen LogP contribution in [0, 0.1) is 11.3 Å². The minimum Gasteiger partial charge on any atom is -0.353 e. The summed E-state index contributed by atoms with van der Waals surface area (Å²) in [7, 11) is 0. The van der Waals surface area contributed by atoms with Crippen LogP contribution in [-0.4, -0.2) is 40.8 Å². The van der Waals surface area contributed by atoms with E-state index in [9.17, 15) is 9.59 Å². The first-order valence-corrected chi connectivity index (χ1v) is 10.2. The standard InChI is InChI=1S/C21H29N3O2/c25-19(8-7-17-6-1-2-13-22-17)23-18-9-14-24(15-10-18)20(26)21(11-12-21)16-4-3-5-16/h1-2,6,13,16,18H,3-5,7-12,14-15H2,(H,23,25). The maximum Gasteiger partial charge on any atom is 0.229 e. The summed E-state index contributed by atoms with van der Waals surface area (Å²) in [5.74, 6) is 1.15. The summed E-state index contributed by atoms with van der Waals surface area (Å²) in [6.45, 7) is 1.58. The Morgan fingerprint density at radius 1 is 1.15 bits per heavy atom. The molecule has 1 N–H and O–H groups in total. The third-order valence-corrected chi connectivity index (χ3v) is 6.58. The number of nitrogens with one attached hydrogen (secondary N) is 1. The molecule has 1 aromatic rings. The Labute approximate surface area is 155 Å². The van der Waals surface area contributed by atoms with Gasteiger partial charge >= 0.3 is 0 Å². The SMILES string of the molecule is O=C(CCc1ccccn1)NC1CCN(C(=O)C2(C3CCC3)CC2)CC1. The van der Waals surface area contributed by atoms with Crippen LogP contribution in [-0.2, 0) is 16.0 Å². The first kappa shape index (κ1) is 17.5. The van der Waals surface area contributed by atoms with Gasteiger partial charge in [0.25, 0.3) is 0 Å². The maximum absolute atomic E-state index is 12.9. The number of piperidine rings is 1. The number of aromatic nitrogens is 1. The van der Waals surface area contributed by atoms with Crippen molar-refractivity contribution in [1.29, 1.82) is 0 Å². The lowest BCUT2D eigenvalue weighted by Gasteiger charge is -2.39. The van der Waals surface area contributed by atoms with Gasteiger partial charge in [-0.2, -0.15) is 0 Å². The predicted molar refractivity (Wildman–Crippen MR) is 99.3 cm³/mol. The Balaban J connectivity index is 1.20. The Bertz CT molecular complexity index is 644. The molecule has 0 spiro atoms. The zero-order valence-electron chi connectivity index (χ0n) is 15.5. The van der Waals surface area contributed by atoms with Crippen molar-refractivity contribution in [3.63, 3.8) is 0 Å². The molecule has 0 atom stereocenters. The summed E-state index contributed by atoms with van der Waals surface area (Å²) in [4.78, 5) is 31.5. The summed E-state index contributed by atoms with van der Waals surface area (Å²) in [5.41, 5.74) is 0.964. The van der Waals surface area contributed by atoms with E-state index >= 15 is 0 Å². The van der Waals surface area contributed by atoms with E-state index in [1.807, 2.05) is 18.2 Å². The lowest BCUT2D eigenvalue weighted by Crippen LogP contribution is -2.50. The summed E-state index contributed by atoms with van der Waals surface area (Å²) >= 11 is 0. The van der Waals surface area contributed by atoms with Crippen LogP contribution in [0.3, 0.4) is 0 Å². The lowest BCUT2D eigenvalue weighted by atomic mass is 9.72. The van der Waals surface area contributed by atoms with Gasteiger partial charge in [0.2, 0.25) is 11.8 Å². The topological polar surface area (TPSA) is 62.3 Å². The lowest BCUT2D eigenvalue weighted by molar-refractivity contribution is -0.141. The third kappa shape index (κ3) is 3.62. The molecule has 2 amide bonds. The first-order valence-electron chi connectivity index (χ1n) is 10.2. The number of hydrogen-bond acceptors (Lipinski definition) is 3. The van der Waals surface area contributed by atoms with E-state index in [-0.39, 0.29) is 17.4 Å². The van der Waals surface area contributed by atoms with Crippen molar-refractivity contribution in [3.8, 4) is 0 Å². The number of nitrogens with zero attached hydrogens (tertiary/aromatic N) is 2. The fourth-order valence-corrected chi connectivity index (χ4v) is 4.52. The number of amides is 2. The van der Waals surface area contributed by atoms with Crippen LogP contribution in [0.25, 0.3) is 0 Å². The van der Waals surface area contributed by atoms with Crippen LogP contribution in [0.5, 0.6) is 0 Å². The summed E-state index contributed by atoms with van der Waals surface area (Å²) in [5, 5.41) is 3.14. The number of carbonyl (C=O) groups is 2. The van der Waals surface area contributed by atoms with Gasteiger partial charge in [-0.3, -0.25) is 14.6 Å². The van der Waals surface area contributed by atoms with E-state index < -0.39 is 0 Å². The summed E-state index contributed by atoms with van der Waals surface area (Å²) < 4.78 is 0. The van der Waals surface area contributed by atoms with Crippen molar-refractivity contribution in [3.05, 3.63) is 30.1 Å². The molecule has 5 nitrogen and oxygen atoms in total. The van der Waals surface area contributed by atoms with E-state index in [4.69, 9.17) is 0 Å². The highest BCUT2D eigenvalue weighted by Crippen LogP contribution is 2.59. The van der Waals surface area contributed by atoms with Crippen LogP contribution in [0.2, 0.25) is 0 Å². The number of carbonyl (C=O) groups excluding carboxylic acids is 2. The largest absolute Gasteiger partial charge is 0.353 e. The van der Waals surface area contributed by atoms with E-state index in [0.717, 1.165) is 44.5 Å². The molecule has 0 unspecified atom stereocenters. The summed E-state index contributed by atoms with van der Waals surface area (Å²) in [6, 6.07) is 5.99. The number of hydrogen-bond donors (Lipinski definition) is 1. The van der Waals surface area contributed by atoms with Gasteiger partial charge < -0.3 is 10.2 Å². The molecule has 2 saturated carbocycles. The molecule has 1 aromatic heterocycles. The zero-order chi connectivity index (χ0) is 18.0. The molecular formula is C21H29N3O2. The molecule has 3 aliphatic rings. The quantitative estimate of drug-likeness (QED) is 0.853. The van der Waals surface area contributed by atoms with E-state index in [0.29, 0.717) is 24.7 Å². The van der Waals surface area contributed by atoms with Gasteiger partial charge in [-0.1, -0.05) is 12.5 Å². The molecule has 26 heavy (non-hydrogen) atoms. The van der Waals surface area contributed by atoms with Crippen molar-refractivity contribution < 1.29 is 9.59 Å². The molecule has 1 aliphatic heterocycles. The van der Waals surface area contributed by atoms with Gasteiger partial charge in [0, 0.05) is 37.4 Å². The van der Waals surface area contributed by atoms with E-state index in [1.165, 1.54) is 19.3 Å². The van der Waals surface area contributed by atoms with Crippen LogP contribution in [0.15, 0.2) is 24.4 Å². The Kier molecular flexibility index (Phi) is 4.96. The van der Waals surface area contributed by atoms with Crippen molar-refractivity contribution >= 4 is 11.8 Å². The molecule has 4 rings (SSSR count). The number of aryl methyl sites for hydroxylation is 1. The van der Waals surface area contributed by atoms with Gasteiger partial charge in [0.1, 0.15) is 0 Å². The van der Waals surface area contributed by atoms with Crippen molar-refractivity contribution in [2.75, 3.05) is 13.1 Å². The Hall–Kier alpha value is -1.91. The van der Waals surface area contributed by atoms with Gasteiger partial charge in [-0.15, -0.1) is 0 Å².